The van der Waals surface area contributed by atoms with Crippen LogP contribution in [-0.2, 0) is 4.79 Å². The molecule has 1 aliphatic heterocycles. The van der Waals surface area contributed by atoms with E-state index in [1.807, 2.05) is 30.0 Å². The molecule has 0 amide bonds. The number of carbonyl (C=O) groups excluding carboxylic acids is 1. The van der Waals surface area contributed by atoms with Crippen LogP contribution in [0.15, 0.2) is 36.4 Å². The second-order valence-corrected chi connectivity index (χ2v) is 7.16. The first-order valence-electron chi connectivity index (χ1n) is 6.86. The molecule has 0 saturated carbocycles. The predicted octanol–water partition coefficient (Wildman–Crippen LogP) is 4.44. The normalized spacial score (nSPS) is 34.8. The molecule has 1 aliphatic rings. The Balaban J connectivity index is 2.16. The van der Waals surface area contributed by atoms with Gasteiger partial charge in [0.1, 0.15) is 5.78 Å². The Labute approximate surface area is 120 Å². The van der Waals surface area contributed by atoms with Gasteiger partial charge in [-0.3, -0.25) is 4.79 Å². The van der Waals surface area contributed by atoms with Gasteiger partial charge < -0.3 is 0 Å². The highest BCUT2D eigenvalue weighted by molar-refractivity contribution is 8.01. The zero-order valence-corrected chi connectivity index (χ0v) is 12.9. The number of carbonyl (C=O) groups is 1. The van der Waals surface area contributed by atoms with E-state index in [0.29, 0.717) is 22.2 Å². The molecule has 0 bridgehead atoms. The van der Waals surface area contributed by atoms with Crippen molar-refractivity contribution in [1.82, 2.24) is 0 Å². The molecule has 1 saturated heterocycles. The fraction of sp³-hybridized carbons (Fsp3) is 0.471. The molecule has 2 heteroatoms. The Morgan fingerprint density at radius 1 is 1.26 bits per heavy atom. The first-order valence-corrected chi connectivity index (χ1v) is 7.80. The van der Waals surface area contributed by atoms with Crippen LogP contribution in [0.25, 0.3) is 6.08 Å². The van der Waals surface area contributed by atoms with Crippen molar-refractivity contribution in [2.45, 2.75) is 38.2 Å². The molecule has 2 rings (SSSR count). The third kappa shape index (κ3) is 2.64. The molecular weight excluding hydrogens is 252 g/mol. The lowest BCUT2D eigenvalue weighted by molar-refractivity contribution is -0.127. The van der Waals surface area contributed by atoms with Crippen molar-refractivity contribution in [1.29, 1.82) is 0 Å². The van der Waals surface area contributed by atoms with Crippen LogP contribution in [0.4, 0.5) is 0 Å². The number of benzene rings is 1. The summed E-state index contributed by atoms with van der Waals surface area (Å²) >= 11 is 1.92. The van der Waals surface area contributed by atoms with Crippen LogP contribution in [-0.4, -0.2) is 16.3 Å². The van der Waals surface area contributed by atoms with Gasteiger partial charge in [-0.15, -0.1) is 11.8 Å². The Morgan fingerprint density at radius 2 is 1.89 bits per heavy atom. The van der Waals surface area contributed by atoms with Gasteiger partial charge >= 0.3 is 0 Å². The maximum atomic E-state index is 12.0. The average Bonchev–Trinajstić information content (AvgIpc) is 2.63. The van der Waals surface area contributed by atoms with E-state index in [-0.39, 0.29) is 5.41 Å². The van der Waals surface area contributed by atoms with Gasteiger partial charge in [0, 0.05) is 15.9 Å². The predicted molar refractivity (Wildman–Crippen MR) is 84.3 cm³/mol. The maximum absolute atomic E-state index is 12.0. The SMILES string of the molecule is CC(=O)[C@]1(C)[C@H](C)S[C@H](/C=C/c2ccccc2)[C@H]1C. The summed E-state index contributed by atoms with van der Waals surface area (Å²) in [5.74, 6) is 0.695. The van der Waals surface area contributed by atoms with Crippen LogP contribution in [0.2, 0.25) is 0 Å². The Hall–Kier alpha value is -1.02. The molecule has 1 nitrogen and oxygen atoms in total. The minimum atomic E-state index is -0.198. The first kappa shape index (κ1) is 14.4. The van der Waals surface area contributed by atoms with Gasteiger partial charge in [0.15, 0.2) is 0 Å². The fourth-order valence-electron chi connectivity index (χ4n) is 2.80. The quantitative estimate of drug-likeness (QED) is 0.811. The number of hydrogen-bond acceptors (Lipinski definition) is 2. The second-order valence-electron chi connectivity index (χ2n) is 5.64. The fourth-order valence-corrected chi connectivity index (χ4v) is 4.62. The third-order valence-corrected chi connectivity index (χ3v) is 6.46. The summed E-state index contributed by atoms with van der Waals surface area (Å²) in [7, 11) is 0. The lowest BCUT2D eigenvalue weighted by Crippen LogP contribution is -2.37. The zero-order valence-electron chi connectivity index (χ0n) is 12.1. The molecule has 0 aromatic heterocycles. The Kier molecular flexibility index (Phi) is 4.19. The zero-order chi connectivity index (χ0) is 14.0. The van der Waals surface area contributed by atoms with Crippen LogP contribution < -0.4 is 0 Å². The molecule has 0 spiro atoms. The van der Waals surface area contributed by atoms with Crippen LogP contribution >= 0.6 is 11.8 Å². The lowest BCUT2D eigenvalue weighted by Gasteiger charge is -2.30. The van der Waals surface area contributed by atoms with E-state index in [1.54, 1.807) is 6.92 Å². The van der Waals surface area contributed by atoms with E-state index >= 15 is 0 Å². The highest BCUT2D eigenvalue weighted by Crippen LogP contribution is 2.52. The second kappa shape index (κ2) is 5.54. The van der Waals surface area contributed by atoms with Crippen LogP contribution in [0, 0.1) is 11.3 Å². The van der Waals surface area contributed by atoms with Crippen LogP contribution in [0.3, 0.4) is 0 Å². The molecule has 0 aliphatic carbocycles. The van der Waals surface area contributed by atoms with E-state index in [0.717, 1.165) is 0 Å². The van der Waals surface area contributed by atoms with Gasteiger partial charge in [0.05, 0.1) is 0 Å². The summed E-state index contributed by atoms with van der Waals surface area (Å²) in [5, 5.41) is 0.800. The number of hydrogen-bond donors (Lipinski definition) is 0. The summed E-state index contributed by atoms with van der Waals surface area (Å²) < 4.78 is 0. The molecule has 1 heterocycles. The molecular formula is C17H22OS. The molecule has 1 aromatic carbocycles. The van der Waals surface area contributed by atoms with Gasteiger partial charge in [0.2, 0.25) is 0 Å². The molecule has 0 unspecified atom stereocenters. The van der Waals surface area contributed by atoms with Gasteiger partial charge in [-0.25, -0.2) is 0 Å². The van der Waals surface area contributed by atoms with E-state index in [9.17, 15) is 4.79 Å². The summed E-state index contributed by atoms with van der Waals surface area (Å²) in [5.41, 5.74) is 1.02. The van der Waals surface area contributed by atoms with Gasteiger partial charge in [0.25, 0.3) is 0 Å². The van der Waals surface area contributed by atoms with Gasteiger partial charge in [-0.2, -0.15) is 0 Å². The smallest absolute Gasteiger partial charge is 0.137 e. The summed E-state index contributed by atoms with van der Waals surface area (Å²) in [6.07, 6.45) is 4.43. The first-order chi connectivity index (χ1) is 8.96. The third-order valence-electron chi connectivity index (χ3n) is 4.68. The van der Waals surface area contributed by atoms with Crippen molar-refractivity contribution in [2.75, 3.05) is 0 Å². The van der Waals surface area contributed by atoms with E-state index in [2.05, 4.69) is 45.1 Å². The van der Waals surface area contributed by atoms with Crippen molar-refractivity contribution < 1.29 is 4.79 Å². The van der Waals surface area contributed by atoms with Crippen LogP contribution in [0.1, 0.15) is 33.3 Å². The Bertz CT molecular complexity index is 479. The standard InChI is InChI=1S/C17H22OS/c1-12-16(11-10-15-8-6-5-7-9-15)19-14(3)17(12,4)13(2)18/h5-12,14,16H,1-4H3/b11-10+/t12-,14+,16-,17-/m1/s1. The Morgan fingerprint density at radius 3 is 2.42 bits per heavy atom. The topological polar surface area (TPSA) is 17.1 Å². The average molecular weight is 274 g/mol. The molecule has 0 radical (unpaired) electrons. The van der Waals surface area contributed by atoms with Crippen molar-refractivity contribution in [3.63, 3.8) is 0 Å². The molecule has 4 atom stereocenters. The van der Waals surface area contributed by atoms with E-state index < -0.39 is 0 Å². The minimum absolute atomic E-state index is 0.198. The van der Waals surface area contributed by atoms with E-state index in [4.69, 9.17) is 0 Å². The number of Topliss-reactive ketones (excluding diaryl/α,β-unsaturated/α-hetero) is 1. The summed E-state index contributed by atoms with van der Waals surface area (Å²) in [4.78, 5) is 12.0. The van der Waals surface area contributed by atoms with Gasteiger partial charge in [-0.1, -0.05) is 63.3 Å². The van der Waals surface area contributed by atoms with Crippen molar-refractivity contribution in [3.8, 4) is 0 Å². The largest absolute Gasteiger partial charge is 0.299 e. The number of thioether (sulfide) groups is 1. The summed E-state index contributed by atoms with van der Waals surface area (Å²) in [6, 6.07) is 10.3. The maximum Gasteiger partial charge on any atom is 0.137 e. The highest BCUT2D eigenvalue weighted by atomic mass is 32.2. The molecule has 1 aromatic rings. The van der Waals surface area contributed by atoms with Crippen molar-refractivity contribution in [3.05, 3.63) is 42.0 Å². The van der Waals surface area contributed by atoms with Crippen LogP contribution in [0.5, 0.6) is 0 Å². The molecule has 1 fully saturated rings. The lowest BCUT2D eigenvalue weighted by atomic mass is 9.71. The molecule has 102 valence electrons. The monoisotopic (exact) mass is 274 g/mol. The number of rotatable bonds is 3. The number of ketones is 1. The van der Waals surface area contributed by atoms with E-state index in [1.165, 1.54) is 5.56 Å². The molecule has 0 N–H and O–H groups in total. The summed E-state index contributed by atoms with van der Waals surface area (Å²) in [6.45, 7) is 8.24. The van der Waals surface area contributed by atoms with Crippen molar-refractivity contribution >= 4 is 23.6 Å². The molecule has 19 heavy (non-hydrogen) atoms. The minimum Gasteiger partial charge on any atom is -0.299 e. The van der Waals surface area contributed by atoms with Gasteiger partial charge in [-0.05, 0) is 18.4 Å². The van der Waals surface area contributed by atoms with Crippen molar-refractivity contribution in [2.24, 2.45) is 11.3 Å². The highest BCUT2D eigenvalue weighted by Gasteiger charge is 2.50.